The first-order valence-corrected chi connectivity index (χ1v) is 19.6. The van der Waals surface area contributed by atoms with Crippen LogP contribution in [0, 0.1) is 0 Å². The first-order chi connectivity index (χ1) is 28.3. The van der Waals surface area contributed by atoms with Crippen molar-refractivity contribution in [2.24, 2.45) is 0 Å². The van der Waals surface area contributed by atoms with Crippen molar-refractivity contribution >= 4 is 38.6 Å². The molecule has 10 aromatic rings. The van der Waals surface area contributed by atoms with Crippen LogP contribution in [0.15, 0.2) is 237 Å². The van der Waals surface area contributed by atoms with Gasteiger partial charge in [-0.2, -0.15) is 0 Å². The summed E-state index contributed by atoms with van der Waals surface area (Å²) < 4.78 is 0. The average molecular weight is 726 g/mol. The number of hydrogen-bond donors (Lipinski definition) is 0. The van der Waals surface area contributed by atoms with Crippen molar-refractivity contribution in [1.29, 1.82) is 0 Å². The van der Waals surface area contributed by atoms with Gasteiger partial charge in [0, 0.05) is 16.9 Å². The van der Waals surface area contributed by atoms with E-state index < -0.39 is 0 Å². The summed E-state index contributed by atoms with van der Waals surface area (Å²) >= 11 is 0. The Labute approximate surface area is 334 Å². The zero-order chi connectivity index (χ0) is 38.0. The molecule has 0 saturated carbocycles. The third-order valence-electron chi connectivity index (χ3n) is 11.1. The third-order valence-corrected chi connectivity index (χ3v) is 11.1. The van der Waals surface area contributed by atoms with Crippen LogP contribution < -0.4 is 4.90 Å². The van der Waals surface area contributed by atoms with Crippen LogP contribution in [0.3, 0.4) is 0 Å². The van der Waals surface area contributed by atoms with Gasteiger partial charge in [-0.25, -0.2) is 0 Å². The summed E-state index contributed by atoms with van der Waals surface area (Å²) in [6.07, 6.45) is 0. The summed E-state index contributed by atoms with van der Waals surface area (Å²) in [6.45, 7) is 0. The van der Waals surface area contributed by atoms with E-state index in [2.05, 4.69) is 241 Å². The van der Waals surface area contributed by atoms with E-state index in [1.54, 1.807) is 0 Å². The van der Waals surface area contributed by atoms with E-state index in [4.69, 9.17) is 0 Å². The van der Waals surface area contributed by atoms with Crippen molar-refractivity contribution in [3.8, 4) is 55.6 Å². The van der Waals surface area contributed by atoms with Crippen LogP contribution in [0.4, 0.5) is 17.1 Å². The average Bonchev–Trinajstić information content (AvgIpc) is 3.30. The normalized spacial score (nSPS) is 11.2. The van der Waals surface area contributed by atoms with Gasteiger partial charge in [-0.3, -0.25) is 0 Å². The molecule has 0 atom stereocenters. The van der Waals surface area contributed by atoms with Gasteiger partial charge in [-0.05, 0) is 114 Å². The predicted molar refractivity (Wildman–Crippen MR) is 243 cm³/mol. The minimum Gasteiger partial charge on any atom is -0.310 e. The second-order valence-corrected chi connectivity index (χ2v) is 14.5. The molecule has 1 heteroatoms. The largest absolute Gasteiger partial charge is 0.310 e. The van der Waals surface area contributed by atoms with Gasteiger partial charge in [0.2, 0.25) is 0 Å². The lowest BCUT2D eigenvalue weighted by Gasteiger charge is -2.29. The molecular weight excluding hydrogens is 687 g/mol. The fraction of sp³-hybridized carbons (Fsp3) is 0. The Bertz CT molecular complexity index is 3000. The zero-order valence-electron chi connectivity index (χ0n) is 31.5. The number of benzene rings is 10. The van der Waals surface area contributed by atoms with Gasteiger partial charge >= 0.3 is 0 Å². The van der Waals surface area contributed by atoms with Crippen LogP contribution in [-0.4, -0.2) is 0 Å². The van der Waals surface area contributed by atoms with Crippen LogP contribution in [0.1, 0.15) is 0 Å². The highest BCUT2D eigenvalue weighted by molar-refractivity contribution is 5.99. The summed E-state index contributed by atoms with van der Waals surface area (Å²) in [5.74, 6) is 0. The Hall–Kier alpha value is -7.48. The Morgan fingerprint density at radius 1 is 0.211 bits per heavy atom. The van der Waals surface area contributed by atoms with Gasteiger partial charge in [-0.15, -0.1) is 0 Å². The Morgan fingerprint density at radius 3 is 1.35 bits per heavy atom. The summed E-state index contributed by atoms with van der Waals surface area (Å²) in [7, 11) is 0. The first-order valence-electron chi connectivity index (χ1n) is 19.6. The molecule has 0 aliphatic rings. The van der Waals surface area contributed by atoms with Crippen molar-refractivity contribution in [2.45, 2.75) is 0 Å². The van der Waals surface area contributed by atoms with Crippen molar-refractivity contribution in [3.05, 3.63) is 237 Å². The van der Waals surface area contributed by atoms with Crippen molar-refractivity contribution in [2.75, 3.05) is 4.90 Å². The summed E-state index contributed by atoms with van der Waals surface area (Å²) in [5, 5.41) is 4.92. The highest BCUT2D eigenvalue weighted by Gasteiger charge is 2.21. The van der Waals surface area contributed by atoms with E-state index in [0.717, 1.165) is 22.6 Å². The molecule has 0 N–H and O–H groups in total. The first kappa shape index (κ1) is 34.0. The highest BCUT2D eigenvalue weighted by Crippen LogP contribution is 2.46. The van der Waals surface area contributed by atoms with Crippen LogP contribution in [0.2, 0.25) is 0 Å². The Balaban J connectivity index is 1.14. The second kappa shape index (κ2) is 15.0. The molecule has 0 heterocycles. The number of fused-ring (bicyclic) bond motifs is 2. The van der Waals surface area contributed by atoms with E-state index in [-0.39, 0.29) is 0 Å². The minimum absolute atomic E-state index is 1.09. The summed E-state index contributed by atoms with van der Waals surface area (Å²) in [4.78, 5) is 2.42. The van der Waals surface area contributed by atoms with Crippen LogP contribution in [0.5, 0.6) is 0 Å². The SMILES string of the molecule is c1ccc(-c2ccc(-c3ccccc3-c3ccccc3N(c3ccc(-c4ccc5ccccc5c4)cc3)c3ccc4ccccc4c3)c(-c3ccccc3)c2)cc1. The van der Waals surface area contributed by atoms with E-state index in [1.807, 2.05) is 0 Å². The van der Waals surface area contributed by atoms with Gasteiger partial charge in [0.15, 0.2) is 0 Å². The van der Waals surface area contributed by atoms with Crippen LogP contribution >= 0.6 is 0 Å². The molecule has 0 saturated heterocycles. The number of hydrogen-bond acceptors (Lipinski definition) is 1. The molecule has 0 aromatic heterocycles. The third kappa shape index (κ3) is 6.66. The molecule has 0 spiro atoms. The molecule has 0 aliphatic heterocycles. The zero-order valence-corrected chi connectivity index (χ0v) is 31.5. The lowest BCUT2D eigenvalue weighted by Crippen LogP contribution is -2.11. The Kier molecular flexibility index (Phi) is 8.95. The Morgan fingerprint density at radius 2 is 0.649 bits per heavy atom. The molecule has 0 unspecified atom stereocenters. The molecule has 10 aromatic carbocycles. The van der Waals surface area contributed by atoms with Gasteiger partial charge in [0.1, 0.15) is 0 Å². The molecule has 0 bridgehead atoms. The standard InChI is InChI=1S/C56H39N/c1-3-15-40(16-4-1)48-32-36-53(55(39-48)44-19-5-2-6-20-44)51-23-11-12-24-52(51)54-25-13-14-26-56(54)57(50-35-31-42-18-8-10-22-46(42)38-50)49-33-29-43(30-34-49)47-28-27-41-17-7-9-21-45(41)37-47/h1-39H. The molecule has 10 rings (SSSR count). The number of para-hydroxylation sites is 1. The molecule has 0 aliphatic carbocycles. The number of nitrogens with zero attached hydrogens (tertiary/aromatic N) is 1. The van der Waals surface area contributed by atoms with Crippen molar-refractivity contribution < 1.29 is 0 Å². The molecule has 1 nitrogen and oxygen atoms in total. The van der Waals surface area contributed by atoms with Gasteiger partial charge in [0.05, 0.1) is 5.69 Å². The maximum Gasteiger partial charge on any atom is 0.0540 e. The molecule has 0 radical (unpaired) electrons. The monoisotopic (exact) mass is 725 g/mol. The van der Waals surface area contributed by atoms with Gasteiger partial charge in [0.25, 0.3) is 0 Å². The molecule has 0 fully saturated rings. The van der Waals surface area contributed by atoms with Gasteiger partial charge in [-0.1, -0.05) is 194 Å². The van der Waals surface area contributed by atoms with E-state index in [9.17, 15) is 0 Å². The fourth-order valence-corrected chi connectivity index (χ4v) is 8.21. The minimum atomic E-state index is 1.09. The van der Waals surface area contributed by atoms with Crippen molar-refractivity contribution in [1.82, 2.24) is 0 Å². The molecule has 268 valence electrons. The lowest BCUT2D eigenvalue weighted by molar-refractivity contribution is 1.29. The smallest absolute Gasteiger partial charge is 0.0540 e. The van der Waals surface area contributed by atoms with Crippen molar-refractivity contribution in [3.63, 3.8) is 0 Å². The van der Waals surface area contributed by atoms with Crippen LogP contribution in [-0.2, 0) is 0 Å². The molecule has 57 heavy (non-hydrogen) atoms. The lowest BCUT2D eigenvalue weighted by atomic mass is 9.87. The van der Waals surface area contributed by atoms with E-state index in [0.29, 0.717) is 0 Å². The maximum atomic E-state index is 2.42. The second-order valence-electron chi connectivity index (χ2n) is 14.5. The number of anilines is 3. The van der Waals surface area contributed by atoms with Gasteiger partial charge < -0.3 is 4.90 Å². The highest BCUT2D eigenvalue weighted by atomic mass is 15.1. The maximum absolute atomic E-state index is 2.42. The fourth-order valence-electron chi connectivity index (χ4n) is 8.21. The van der Waals surface area contributed by atoms with E-state index >= 15 is 0 Å². The number of rotatable bonds is 8. The van der Waals surface area contributed by atoms with E-state index in [1.165, 1.54) is 71.6 Å². The summed E-state index contributed by atoms with van der Waals surface area (Å²) in [6, 6.07) is 85.8. The molecular formula is C56H39N. The quantitative estimate of drug-likeness (QED) is 0.151. The summed E-state index contributed by atoms with van der Waals surface area (Å²) in [5.41, 5.74) is 15.2. The topological polar surface area (TPSA) is 3.24 Å². The predicted octanol–water partition coefficient (Wildman–Crippen LogP) is 15.8. The molecule has 0 amide bonds. The van der Waals surface area contributed by atoms with Crippen LogP contribution in [0.25, 0.3) is 77.2 Å².